The first-order valence-corrected chi connectivity index (χ1v) is 13.7. The quantitative estimate of drug-likeness (QED) is 0.341. The van der Waals surface area contributed by atoms with E-state index in [1.54, 1.807) is 12.1 Å². The summed E-state index contributed by atoms with van der Waals surface area (Å²) in [5.41, 5.74) is 9.54. The molecule has 2 aromatic carbocycles. The zero-order chi connectivity index (χ0) is 29.9. The van der Waals surface area contributed by atoms with Crippen molar-refractivity contribution in [3.63, 3.8) is 0 Å². The van der Waals surface area contributed by atoms with Gasteiger partial charge in [0.25, 0.3) is 0 Å². The minimum absolute atomic E-state index is 0.231. The fraction of sp³-hybridized carbons (Fsp3) is 0.467. The molecule has 2 aliphatic rings. The molecule has 0 aromatic heterocycles. The molecule has 41 heavy (non-hydrogen) atoms. The number of halogens is 1. The van der Waals surface area contributed by atoms with Crippen molar-refractivity contribution in [2.45, 2.75) is 83.0 Å². The second-order valence-electron chi connectivity index (χ2n) is 10.5. The molecule has 1 saturated carbocycles. The lowest BCUT2D eigenvalue weighted by molar-refractivity contribution is -0.254. The van der Waals surface area contributed by atoms with E-state index in [0.717, 1.165) is 29.5 Å². The summed E-state index contributed by atoms with van der Waals surface area (Å²) in [6.45, 7) is 4.49. The molecule has 4 rings (SSSR count). The highest BCUT2D eigenvalue weighted by atomic mass is 35.5. The van der Waals surface area contributed by atoms with Crippen LogP contribution in [0.4, 0.5) is 0 Å². The topological polar surface area (TPSA) is 140 Å². The minimum Gasteiger partial charge on any atom is -0.463 e. The van der Waals surface area contributed by atoms with Crippen molar-refractivity contribution in [3.05, 3.63) is 69.7 Å². The van der Waals surface area contributed by atoms with Crippen LogP contribution >= 0.6 is 11.6 Å². The van der Waals surface area contributed by atoms with Crippen LogP contribution in [-0.2, 0) is 54.8 Å². The van der Waals surface area contributed by atoms with Crippen molar-refractivity contribution >= 4 is 35.5 Å². The molecule has 0 bridgehead atoms. The molecule has 5 atom stereocenters. The summed E-state index contributed by atoms with van der Waals surface area (Å²) in [5.74, 6) is -2.63. The highest BCUT2D eigenvalue weighted by Gasteiger charge is 2.52. The van der Waals surface area contributed by atoms with Crippen molar-refractivity contribution in [1.82, 2.24) is 0 Å². The average molecular weight is 588 g/mol. The Morgan fingerprint density at radius 1 is 0.854 bits per heavy atom. The fourth-order valence-electron chi connectivity index (χ4n) is 5.00. The van der Waals surface area contributed by atoms with E-state index in [2.05, 4.69) is 0 Å². The number of benzene rings is 2. The van der Waals surface area contributed by atoms with Gasteiger partial charge in [0.1, 0.15) is 18.8 Å². The SMILES string of the molecule is CC(=O)OCC1OC(c2ccc(Cl)c(Cc3ccc(C4(N)CC4)cc3)c2)C(OC(C)=O)C(OC(C)=O)C1OC(C)=O. The molecular formula is C30H34ClNO9. The Morgan fingerprint density at radius 3 is 2.00 bits per heavy atom. The zero-order valence-corrected chi connectivity index (χ0v) is 24.1. The fourth-order valence-corrected chi connectivity index (χ4v) is 5.19. The Kier molecular flexibility index (Phi) is 9.36. The molecule has 1 saturated heterocycles. The molecule has 2 fully saturated rings. The normalized spacial score (nSPS) is 24.6. The Balaban J connectivity index is 1.70. The molecule has 11 heteroatoms. The molecule has 1 heterocycles. The largest absolute Gasteiger partial charge is 0.463 e. The van der Waals surface area contributed by atoms with Crippen LogP contribution in [0.15, 0.2) is 42.5 Å². The Morgan fingerprint density at radius 2 is 1.44 bits per heavy atom. The molecule has 0 spiro atoms. The van der Waals surface area contributed by atoms with Gasteiger partial charge in [0.05, 0.1) is 0 Å². The second kappa shape index (κ2) is 12.6. The van der Waals surface area contributed by atoms with Crippen molar-refractivity contribution in [2.24, 2.45) is 5.73 Å². The summed E-state index contributed by atoms with van der Waals surface area (Å²) < 4.78 is 28.1. The summed E-state index contributed by atoms with van der Waals surface area (Å²) in [5, 5.41) is 0.515. The summed E-state index contributed by atoms with van der Waals surface area (Å²) in [6, 6.07) is 13.3. The summed E-state index contributed by atoms with van der Waals surface area (Å²) in [6.07, 6.45) is -3.26. The molecule has 1 aliphatic carbocycles. The maximum atomic E-state index is 12.2. The predicted molar refractivity (Wildman–Crippen MR) is 147 cm³/mol. The molecule has 10 nitrogen and oxygen atoms in total. The van der Waals surface area contributed by atoms with Gasteiger partial charge < -0.3 is 29.4 Å². The summed E-state index contributed by atoms with van der Waals surface area (Å²) in [7, 11) is 0. The van der Waals surface area contributed by atoms with Crippen LogP contribution in [-0.4, -0.2) is 54.9 Å². The van der Waals surface area contributed by atoms with E-state index in [1.165, 1.54) is 27.7 Å². The van der Waals surface area contributed by atoms with Gasteiger partial charge in [-0.3, -0.25) is 19.2 Å². The van der Waals surface area contributed by atoms with E-state index < -0.39 is 54.4 Å². The van der Waals surface area contributed by atoms with Crippen molar-refractivity contribution < 1.29 is 42.9 Å². The maximum absolute atomic E-state index is 12.2. The van der Waals surface area contributed by atoms with E-state index in [0.29, 0.717) is 17.0 Å². The molecule has 2 N–H and O–H groups in total. The van der Waals surface area contributed by atoms with Crippen molar-refractivity contribution in [3.8, 4) is 0 Å². The van der Waals surface area contributed by atoms with E-state index in [-0.39, 0.29) is 12.1 Å². The van der Waals surface area contributed by atoms with Gasteiger partial charge in [-0.1, -0.05) is 48.0 Å². The summed E-state index contributed by atoms with van der Waals surface area (Å²) in [4.78, 5) is 47.9. The number of hydrogen-bond acceptors (Lipinski definition) is 10. The number of nitrogens with two attached hydrogens (primary N) is 1. The predicted octanol–water partition coefficient (Wildman–Crippen LogP) is 3.68. The van der Waals surface area contributed by atoms with Crippen LogP contribution in [0.5, 0.6) is 0 Å². The van der Waals surface area contributed by atoms with Gasteiger partial charge in [0, 0.05) is 38.3 Å². The van der Waals surface area contributed by atoms with Crippen LogP contribution in [0.3, 0.4) is 0 Å². The van der Waals surface area contributed by atoms with Gasteiger partial charge in [-0.15, -0.1) is 0 Å². The Labute approximate surface area is 243 Å². The Hall–Kier alpha value is -3.47. The molecule has 220 valence electrons. The molecule has 0 amide bonds. The van der Waals surface area contributed by atoms with E-state index in [4.69, 9.17) is 41.0 Å². The second-order valence-corrected chi connectivity index (χ2v) is 10.9. The highest BCUT2D eigenvalue weighted by Crippen LogP contribution is 2.43. The van der Waals surface area contributed by atoms with Crippen molar-refractivity contribution in [2.75, 3.05) is 6.61 Å². The smallest absolute Gasteiger partial charge is 0.303 e. The first kappa shape index (κ1) is 30.5. The lowest BCUT2D eigenvalue weighted by Gasteiger charge is -2.44. The van der Waals surface area contributed by atoms with E-state index in [9.17, 15) is 19.2 Å². The molecule has 1 aliphatic heterocycles. The lowest BCUT2D eigenvalue weighted by atomic mass is 9.89. The number of rotatable bonds is 9. The van der Waals surface area contributed by atoms with Crippen LogP contribution in [0.1, 0.15) is 68.9 Å². The third-order valence-corrected chi connectivity index (χ3v) is 7.47. The Bertz CT molecular complexity index is 1310. The number of carbonyl (C=O) groups is 4. The molecular weight excluding hydrogens is 554 g/mol. The van der Waals surface area contributed by atoms with E-state index >= 15 is 0 Å². The third-order valence-electron chi connectivity index (χ3n) is 7.10. The molecule has 5 unspecified atom stereocenters. The van der Waals surface area contributed by atoms with Gasteiger partial charge >= 0.3 is 23.9 Å². The minimum atomic E-state index is -1.25. The van der Waals surface area contributed by atoms with Gasteiger partial charge in [0.15, 0.2) is 18.3 Å². The molecule has 2 aromatic rings. The standard InChI is InChI=1S/C30H34ClNO9/c1-16(33)37-15-25-27(38-17(2)34)29(40-19(4)36)28(39-18(3)35)26(41-25)21-7-10-24(31)22(14-21)13-20-5-8-23(9-6-20)30(32)11-12-30/h5-10,14,25-29H,11-13,15,32H2,1-4H3. The van der Waals surface area contributed by atoms with Crippen LogP contribution in [0.2, 0.25) is 5.02 Å². The highest BCUT2D eigenvalue weighted by molar-refractivity contribution is 6.31. The first-order chi connectivity index (χ1) is 19.4. The van der Waals surface area contributed by atoms with Crippen molar-refractivity contribution in [1.29, 1.82) is 0 Å². The van der Waals surface area contributed by atoms with Crippen LogP contribution in [0, 0.1) is 0 Å². The number of carbonyl (C=O) groups excluding carboxylic acids is 4. The number of hydrogen-bond donors (Lipinski definition) is 1. The van der Waals surface area contributed by atoms with Gasteiger partial charge in [-0.05, 0) is 47.6 Å². The van der Waals surface area contributed by atoms with Crippen LogP contribution in [0.25, 0.3) is 0 Å². The van der Waals surface area contributed by atoms with E-state index in [1.807, 2.05) is 30.3 Å². The zero-order valence-electron chi connectivity index (χ0n) is 23.4. The average Bonchev–Trinajstić information content (AvgIpc) is 3.64. The first-order valence-electron chi connectivity index (χ1n) is 13.3. The van der Waals surface area contributed by atoms with Crippen LogP contribution < -0.4 is 5.73 Å². The molecule has 0 radical (unpaired) electrons. The third kappa shape index (κ3) is 7.63. The monoisotopic (exact) mass is 587 g/mol. The lowest BCUT2D eigenvalue weighted by Crippen LogP contribution is -2.59. The van der Waals surface area contributed by atoms with Gasteiger partial charge in [-0.25, -0.2) is 0 Å². The van der Waals surface area contributed by atoms with Gasteiger partial charge in [0.2, 0.25) is 0 Å². The number of ether oxygens (including phenoxy) is 5. The maximum Gasteiger partial charge on any atom is 0.303 e. The number of esters is 4. The van der Waals surface area contributed by atoms with Gasteiger partial charge in [-0.2, -0.15) is 0 Å². The summed E-state index contributed by atoms with van der Waals surface area (Å²) >= 11 is 6.58.